The van der Waals surface area contributed by atoms with Crippen molar-refractivity contribution in [1.82, 2.24) is 25.9 Å². The quantitative estimate of drug-likeness (QED) is 0.0566. The molecule has 0 aliphatic rings. The molecule has 1 aromatic heterocycles. The lowest BCUT2D eigenvalue weighted by atomic mass is 10.1. The number of nitrogens with zero attached hydrogens (tertiary/aromatic N) is 2. The number of aliphatic carboxylic acids is 2. The highest BCUT2D eigenvalue weighted by Gasteiger charge is 2.30. The lowest BCUT2D eigenvalue weighted by Gasteiger charge is -2.24. The topological polar surface area (TPSA) is 301 Å². The van der Waals surface area contributed by atoms with Crippen LogP contribution in [-0.2, 0) is 30.4 Å². The van der Waals surface area contributed by atoms with Crippen LogP contribution in [0.5, 0.6) is 0 Å². The first-order valence-electron chi connectivity index (χ1n) is 10.7. The summed E-state index contributed by atoms with van der Waals surface area (Å²) in [5.41, 5.74) is 16.3. The number of carbonyl (C=O) groups is 5. The van der Waals surface area contributed by atoms with E-state index in [1.165, 1.54) is 12.5 Å². The Labute approximate surface area is 204 Å². The number of hydrogen-bond acceptors (Lipinski definition) is 9. The molecule has 200 valence electrons. The molecule has 36 heavy (non-hydrogen) atoms. The highest BCUT2D eigenvalue weighted by molar-refractivity contribution is 5.94. The summed E-state index contributed by atoms with van der Waals surface area (Å²) in [7, 11) is 0. The predicted octanol–water partition coefficient (Wildman–Crippen LogP) is -4.66. The fourth-order valence-corrected chi connectivity index (χ4v) is 2.88. The zero-order valence-corrected chi connectivity index (χ0v) is 19.2. The molecule has 0 saturated carbocycles. The van der Waals surface area contributed by atoms with E-state index in [1.54, 1.807) is 0 Å². The van der Waals surface area contributed by atoms with Gasteiger partial charge in [0.2, 0.25) is 17.7 Å². The number of H-pyrrole nitrogens is 1. The number of imidazole rings is 1. The maximum absolute atomic E-state index is 12.9. The normalized spacial score (nSPS) is 13.9. The summed E-state index contributed by atoms with van der Waals surface area (Å²) in [4.78, 5) is 70.3. The number of nitrogens with two attached hydrogens (primary N) is 3. The Bertz CT molecular complexity index is 933. The number of aromatic nitrogens is 2. The van der Waals surface area contributed by atoms with Crippen LogP contribution in [-0.4, -0.2) is 98.2 Å². The molecule has 3 amide bonds. The summed E-state index contributed by atoms with van der Waals surface area (Å²) in [6, 6.07) is -5.71. The van der Waals surface area contributed by atoms with E-state index in [4.69, 9.17) is 22.3 Å². The minimum Gasteiger partial charge on any atom is -0.481 e. The van der Waals surface area contributed by atoms with Gasteiger partial charge in [-0.3, -0.25) is 24.2 Å². The van der Waals surface area contributed by atoms with Gasteiger partial charge in [-0.25, -0.2) is 9.78 Å². The third kappa shape index (κ3) is 10.8. The largest absolute Gasteiger partial charge is 0.481 e. The summed E-state index contributed by atoms with van der Waals surface area (Å²) in [6.07, 6.45) is 2.09. The number of guanidine groups is 1. The highest BCUT2D eigenvalue weighted by Crippen LogP contribution is 2.04. The van der Waals surface area contributed by atoms with E-state index in [-0.39, 0.29) is 31.8 Å². The van der Waals surface area contributed by atoms with Crippen LogP contribution in [0.2, 0.25) is 0 Å². The third-order valence-electron chi connectivity index (χ3n) is 4.72. The van der Waals surface area contributed by atoms with Gasteiger partial charge in [-0.2, -0.15) is 0 Å². The Morgan fingerprint density at radius 3 is 2.14 bits per heavy atom. The number of nitrogens with one attached hydrogen (secondary N) is 4. The Hall–Kier alpha value is -4.25. The van der Waals surface area contributed by atoms with Gasteiger partial charge in [-0.05, 0) is 12.8 Å². The molecule has 0 aliphatic heterocycles. The Morgan fingerprint density at radius 1 is 1.00 bits per heavy atom. The summed E-state index contributed by atoms with van der Waals surface area (Å²) >= 11 is 0. The van der Waals surface area contributed by atoms with Crippen molar-refractivity contribution in [1.29, 1.82) is 0 Å². The van der Waals surface area contributed by atoms with Gasteiger partial charge >= 0.3 is 11.9 Å². The summed E-state index contributed by atoms with van der Waals surface area (Å²) in [6.45, 7) is -0.753. The molecule has 4 unspecified atom stereocenters. The molecule has 0 aliphatic carbocycles. The second kappa shape index (κ2) is 14.9. The van der Waals surface area contributed by atoms with E-state index in [0.717, 1.165) is 0 Å². The molecule has 1 aromatic rings. The average molecular weight is 514 g/mol. The number of aliphatic imine (C=N–C) groups is 1. The molecule has 4 atom stereocenters. The molecule has 0 aromatic carbocycles. The van der Waals surface area contributed by atoms with Crippen molar-refractivity contribution in [3.05, 3.63) is 18.2 Å². The minimum absolute atomic E-state index is 0.0145. The number of amides is 3. The van der Waals surface area contributed by atoms with Gasteiger partial charge in [0.15, 0.2) is 5.96 Å². The number of aromatic amines is 1. The second-order valence-electron chi connectivity index (χ2n) is 7.64. The molecule has 1 heterocycles. The van der Waals surface area contributed by atoms with E-state index < -0.39 is 66.9 Å². The predicted molar refractivity (Wildman–Crippen MR) is 123 cm³/mol. The highest BCUT2D eigenvalue weighted by atomic mass is 16.4. The van der Waals surface area contributed by atoms with Crippen LogP contribution in [0.15, 0.2) is 17.5 Å². The van der Waals surface area contributed by atoms with Crippen LogP contribution in [0.3, 0.4) is 0 Å². The number of hydrogen-bond donors (Lipinski definition) is 10. The van der Waals surface area contributed by atoms with Crippen LogP contribution in [0.4, 0.5) is 0 Å². The Balaban J connectivity index is 2.93. The number of carboxylic acids is 2. The molecule has 0 radical (unpaired) electrons. The third-order valence-corrected chi connectivity index (χ3v) is 4.72. The zero-order valence-electron chi connectivity index (χ0n) is 19.2. The number of carbonyl (C=O) groups excluding carboxylic acids is 3. The van der Waals surface area contributed by atoms with Crippen molar-refractivity contribution in [2.45, 2.75) is 49.9 Å². The van der Waals surface area contributed by atoms with Crippen molar-refractivity contribution in [2.75, 3.05) is 13.2 Å². The fraction of sp³-hybridized carbons (Fsp3) is 0.526. The molecule has 0 fully saturated rings. The molecule has 17 nitrogen and oxygen atoms in total. The van der Waals surface area contributed by atoms with Gasteiger partial charge in [-0.15, -0.1) is 0 Å². The van der Waals surface area contributed by atoms with Crippen LogP contribution in [0.1, 0.15) is 25.0 Å². The Morgan fingerprint density at radius 2 is 1.61 bits per heavy atom. The van der Waals surface area contributed by atoms with E-state index >= 15 is 0 Å². The summed E-state index contributed by atoms with van der Waals surface area (Å²) < 4.78 is 0. The molecule has 1 rings (SSSR count). The van der Waals surface area contributed by atoms with Crippen molar-refractivity contribution < 1.29 is 39.3 Å². The van der Waals surface area contributed by atoms with E-state index in [2.05, 4.69) is 30.9 Å². The zero-order chi connectivity index (χ0) is 27.3. The number of carboxylic acid groups (broad SMARTS) is 2. The van der Waals surface area contributed by atoms with Gasteiger partial charge < -0.3 is 53.5 Å². The molecule has 17 heteroatoms. The fourth-order valence-electron chi connectivity index (χ4n) is 2.88. The van der Waals surface area contributed by atoms with Gasteiger partial charge in [0.1, 0.15) is 18.1 Å². The maximum Gasteiger partial charge on any atom is 0.326 e. The van der Waals surface area contributed by atoms with Crippen LogP contribution in [0.25, 0.3) is 0 Å². The maximum atomic E-state index is 12.9. The average Bonchev–Trinajstić information content (AvgIpc) is 3.30. The number of rotatable bonds is 16. The van der Waals surface area contributed by atoms with Crippen LogP contribution in [0, 0.1) is 0 Å². The van der Waals surface area contributed by atoms with Crippen molar-refractivity contribution in [3.8, 4) is 0 Å². The molecule has 0 bridgehead atoms. The molecule has 13 N–H and O–H groups in total. The van der Waals surface area contributed by atoms with Crippen LogP contribution >= 0.6 is 0 Å². The smallest absolute Gasteiger partial charge is 0.326 e. The SMILES string of the molecule is NC(N)=NCCCC(NC(=O)C(Cc1cnc[nH]1)NC(=O)C(CO)NC(=O)C(N)CC(=O)O)C(=O)O. The first kappa shape index (κ1) is 29.8. The molecular formula is C19H31N9O8. The van der Waals surface area contributed by atoms with E-state index in [0.29, 0.717) is 5.69 Å². The van der Waals surface area contributed by atoms with Crippen molar-refractivity contribution in [2.24, 2.45) is 22.2 Å². The van der Waals surface area contributed by atoms with Gasteiger partial charge in [-0.1, -0.05) is 0 Å². The van der Waals surface area contributed by atoms with Gasteiger partial charge in [0.25, 0.3) is 0 Å². The standard InChI is InChI=1S/C19H31N9O8/c20-10(5-14(30)31)15(32)28-13(7-29)17(34)27-12(4-9-6-23-8-25-9)16(33)26-11(18(35)36)2-1-3-24-19(21)22/h6,8,10-13,29H,1-5,7,20H2,(H,23,25)(H,26,33)(H,27,34)(H,28,32)(H,30,31)(H,35,36)(H4,21,22,24). The van der Waals surface area contributed by atoms with Crippen LogP contribution < -0.4 is 33.2 Å². The van der Waals surface area contributed by atoms with E-state index in [9.17, 15) is 34.2 Å². The lowest BCUT2D eigenvalue weighted by molar-refractivity contribution is -0.142. The molecule has 0 saturated heterocycles. The Kier molecular flexibility index (Phi) is 12.3. The number of aliphatic hydroxyl groups is 1. The van der Waals surface area contributed by atoms with E-state index in [1.807, 2.05) is 0 Å². The summed E-state index contributed by atoms with van der Waals surface area (Å²) in [5.74, 6) is -5.70. The minimum atomic E-state index is -1.57. The monoisotopic (exact) mass is 513 g/mol. The lowest BCUT2D eigenvalue weighted by Crippen LogP contribution is -2.58. The van der Waals surface area contributed by atoms with Crippen molar-refractivity contribution in [3.63, 3.8) is 0 Å². The van der Waals surface area contributed by atoms with Crippen molar-refractivity contribution >= 4 is 35.6 Å². The second-order valence-corrected chi connectivity index (χ2v) is 7.64. The first-order valence-corrected chi connectivity index (χ1v) is 10.7. The first-order chi connectivity index (χ1) is 16.9. The molecular weight excluding hydrogens is 482 g/mol. The van der Waals surface area contributed by atoms with Gasteiger partial charge in [0.05, 0.1) is 25.4 Å². The van der Waals surface area contributed by atoms with Gasteiger partial charge in [0, 0.05) is 24.9 Å². The summed E-state index contributed by atoms with van der Waals surface area (Å²) in [5, 5.41) is 34.5. The number of aliphatic hydroxyl groups excluding tert-OH is 1. The molecule has 0 spiro atoms.